The molecule has 1 rings (SSSR count). The number of halogens is 3. The quantitative estimate of drug-likeness (QED) is 0.522. The van der Waals surface area contributed by atoms with E-state index in [0.717, 1.165) is 10.8 Å². The molecule has 0 amide bonds. The zero-order valence-electron chi connectivity index (χ0n) is 6.87. The largest absolute Gasteiger partial charge is 0.373 e. The second kappa shape index (κ2) is 3.58. The highest BCUT2D eigenvalue weighted by Gasteiger charge is 2.29. The van der Waals surface area contributed by atoms with Crippen LogP contribution in [0.1, 0.15) is 11.1 Å². The second-order valence-corrected chi connectivity index (χ2v) is 11.1. The number of hydrogen-bond donors (Lipinski definition) is 0. The molecule has 0 fully saturated rings. The van der Waals surface area contributed by atoms with E-state index in [1.54, 1.807) is 0 Å². The van der Waals surface area contributed by atoms with Crippen molar-refractivity contribution in [2.75, 3.05) is 0 Å². The van der Waals surface area contributed by atoms with E-state index in [9.17, 15) is 0 Å². The average molecular weight is 240 g/mol. The summed E-state index contributed by atoms with van der Waals surface area (Å²) in [5.41, 5.74) is 2.27. The second-order valence-electron chi connectivity index (χ2n) is 2.75. The number of benzene rings is 1. The van der Waals surface area contributed by atoms with Crippen LogP contribution in [0.15, 0.2) is 18.2 Å². The standard InChI is InChI=1S/C8H9Cl3Si/c1-6-4-3-5-8(7(6)2)12(9,10)11/h3-5H,1-2H3. The summed E-state index contributed by atoms with van der Waals surface area (Å²) in [6, 6.07) is 3.14. The molecule has 0 atom stereocenters. The zero-order chi connectivity index (χ0) is 9.35. The van der Waals surface area contributed by atoms with Gasteiger partial charge >= 0.3 is 6.00 Å². The Bertz CT molecular complexity index is 291. The SMILES string of the molecule is Cc1cccc([Si](Cl)(Cl)Cl)c1C. The third-order valence-electron chi connectivity index (χ3n) is 1.91. The molecule has 0 spiro atoms. The lowest BCUT2D eigenvalue weighted by atomic mass is 10.1. The molecule has 0 aliphatic rings. The first-order valence-electron chi connectivity index (χ1n) is 3.56. The van der Waals surface area contributed by atoms with Gasteiger partial charge in [-0.2, -0.15) is 0 Å². The molecule has 0 heterocycles. The molecular weight excluding hydrogens is 231 g/mol. The molecule has 0 aromatic heterocycles. The minimum Gasteiger partial charge on any atom is -0.121 e. The van der Waals surface area contributed by atoms with E-state index in [1.807, 2.05) is 32.0 Å². The molecule has 4 heteroatoms. The third kappa shape index (κ3) is 2.16. The lowest BCUT2D eigenvalue weighted by Crippen LogP contribution is -2.32. The third-order valence-corrected chi connectivity index (χ3v) is 4.89. The summed E-state index contributed by atoms with van der Waals surface area (Å²) in [5.74, 6) is 0. The number of rotatable bonds is 1. The molecule has 66 valence electrons. The molecule has 1 aromatic rings. The number of aryl methyl sites for hydroxylation is 1. The molecule has 0 N–H and O–H groups in total. The zero-order valence-corrected chi connectivity index (χ0v) is 10.1. The van der Waals surface area contributed by atoms with Gasteiger partial charge in [-0.3, -0.25) is 0 Å². The maximum absolute atomic E-state index is 5.91. The molecule has 12 heavy (non-hydrogen) atoms. The van der Waals surface area contributed by atoms with Crippen molar-refractivity contribution in [1.82, 2.24) is 0 Å². The summed E-state index contributed by atoms with van der Waals surface area (Å²) in [6.07, 6.45) is 0. The van der Waals surface area contributed by atoms with E-state index in [1.165, 1.54) is 5.56 Å². The molecule has 0 aliphatic heterocycles. The van der Waals surface area contributed by atoms with Crippen molar-refractivity contribution in [3.63, 3.8) is 0 Å². The van der Waals surface area contributed by atoms with Crippen LogP contribution in [0.3, 0.4) is 0 Å². The predicted octanol–water partition coefficient (Wildman–Crippen LogP) is 3.17. The van der Waals surface area contributed by atoms with Gasteiger partial charge in [-0.25, -0.2) is 0 Å². The van der Waals surface area contributed by atoms with Crippen LogP contribution in [-0.2, 0) is 0 Å². The lowest BCUT2D eigenvalue weighted by Gasteiger charge is -2.12. The molecule has 0 radical (unpaired) electrons. The minimum atomic E-state index is -2.69. The van der Waals surface area contributed by atoms with Crippen LogP contribution in [-0.4, -0.2) is 6.00 Å². The van der Waals surface area contributed by atoms with Crippen molar-refractivity contribution in [3.8, 4) is 0 Å². The Labute approximate surface area is 87.6 Å². The summed E-state index contributed by atoms with van der Waals surface area (Å²) < 4.78 is 0. The first-order chi connectivity index (χ1) is 5.43. The van der Waals surface area contributed by atoms with Crippen molar-refractivity contribution in [3.05, 3.63) is 29.3 Å². The Hall–Kier alpha value is 0.307. The minimum absolute atomic E-state index is 0.896. The molecule has 0 unspecified atom stereocenters. The lowest BCUT2D eigenvalue weighted by molar-refractivity contribution is 1.37. The molecule has 0 saturated carbocycles. The van der Waals surface area contributed by atoms with Crippen molar-refractivity contribution >= 4 is 44.4 Å². The predicted molar refractivity (Wildman–Crippen MR) is 58.9 cm³/mol. The van der Waals surface area contributed by atoms with Crippen LogP contribution in [0.5, 0.6) is 0 Å². The van der Waals surface area contributed by atoms with E-state index >= 15 is 0 Å². The molecule has 0 aliphatic carbocycles. The van der Waals surface area contributed by atoms with Crippen molar-refractivity contribution < 1.29 is 0 Å². The van der Waals surface area contributed by atoms with Gasteiger partial charge in [0.25, 0.3) is 0 Å². The Kier molecular flexibility index (Phi) is 3.10. The topological polar surface area (TPSA) is 0 Å². The smallest absolute Gasteiger partial charge is 0.121 e. The van der Waals surface area contributed by atoms with E-state index < -0.39 is 6.00 Å². The Morgan fingerprint density at radius 1 is 1.08 bits per heavy atom. The molecule has 0 saturated heterocycles. The van der Waals surface area contributed by atoms with Crippen molar-refractivity contribution in [2.45, 2.75) is 13.8 Å². The van der Waals surface area contributed by atoms with Gasteiger partial charge in [0.2, 0.25) is 0 Å². The molecule has 0 bridgehead atoms. The Balaban J connectivity index is 3.26. The molecular formula is C8H9Cl3Si. The summed E-state index contributed by atoms with van der Waals surface area (Å²) in [6.45, 7) is 4.00. The fourth-order valence-corrected chi connectivity index (χ4v) is 3.81. The first-order valence-corrected chi connectivity index (χ1v) is 8.60. The average Bonchev–Trinajstić information content (AvgIpc) is 1.92. The van der Waals surface area contributed by atoms with Crippen LogP contribution < -0.4 is 5.19 Å². The molecule has 0 nitrogen and oxygen atoms in total. The first kappa shape index (κ1) is 10.4. The summed E-state index contributed by atoms with van der Waals surface area (Å²) in [4.78, 5) is 0. The van der Waals surface area contributed by atoms with E-state index in [0.29, 0.717) is 0 Å². The van der Waals surface area contributed by atoms with Gasteiger partial charge in [0.1, 0.15) is 0 Å². The van der Waals surface area contributed by atoms with E-state index in [-0.39, 0.29) is 0 Å². The fourth-order valence-electron chi connectivity index (χ4n) is 1.06. The van der Waals surface area contributed by atoms with Gasteiger partial charge in [-0.1, -0.05) is 18.2 Å². The van der Waals surface area contributed by atoms with Gasteiger partial charge in [-0.05, 0) is 30.2 Å². The van der Waals surface area contributed by atoms with Crippen LogP contribution in [0, 0.1) is 13.8 Å². The van der Waals surface area contributed by atoms with E-state index in [4.69, 9.17) is 33.2 Å². The highest BCUT2D eigenvalue weighted by atomic mass is 35.8. The highest BCUT2D eigenvalue weighted by Crippen LogP contribution is 2.21. The van der Waals surface area contributed by atoms with Gasteiger partial charge < -0.3 is 0 Å². The van der Waals surface area contributed by atoms with Gasteiger partial charge in [0, 0.05) is 0 Å². The molecule has 1 aromatic carbocycles. The van der Waals surface area contributed by atoms with Gasteiger partial charge in [-0.15, -0.1) is 33.2 Å². The van der Waals surface area contributed by atoms with Crippen molar-refractivity contribution in [2.24, 2.45) is 0 Å². The van der Waals surface area contributed by atoms with Crippen LogP contribution in [0.4, 0.5) is 0 Å². The highest BCUT2D eigenvalue weighted by molar-refractivity contribution is 7.69. The number of hydrogen-bond acceptors (Lipinski definition) is 0. The Morgan fingerprint density at radius 3 is 2.08 bits per heavy atom. The van der Waals surface area contributed by atoms with E-state index in [2.05, 4.69) is 0 Å². The maximum Gasteiger partial charge on any atom is 0.373 e. The summed E-state index contributed by atoms with van der Waals surface area (Å²) in [7, 11) is 0. The van der Waals surface area contributed by atoms with Crippen LogP contribution >= 0.6 is 33.2 Å². The van der Waals surface area contributed by atoms with Gasteiger partial charge in [0.15, 0.2) is 0 Å². The monoisotopic (exact) mass is 238 g/mol. The van der Waals surface area contributed by atoms with Crippen molar-refractivity contribution in [1.29, 1.82) is 0 Å². The Morgan fingerprint density at radius 2 is 1.67 bits per heavy atom. The maximum atomic E-state index is 5.91. The van der Waals surface area contributed by atoms with Crippen LogP contribution in [0.25, 0.3) is 0 Å². The fraction of sp³-hybridized carbons (Fsp3) is 0.250. The summed E-state index contributed by atoms with van der Waals surface area (Å²) >= 11 is 17.7. The van der Waals surface area contributed by atoms with Crippen LogP contribution in [0.2, 0.25) is 0 Å². The van der Waals surface area contributed by atoms with Gasteiger partial charge in [0.05, 0.1) is 0 Å². The normalized spacial score (nSPS) is 11.8. The summed E-state index contributed by atoms with van der Waals surface area (Å²) in [5, 5.41) is 0.896.